The maximum atomic E-state index is 11.7. The summed E-state index contributed by atoms with van der Waals surface area (Å²) in [6.07, 6.45) is 5.63. The Balaban J connectivity index is 1.71. The lowest BCUT2D eigenvalue weighted by atomic mass is 10.0. The van der Waals surface area contributed by atoms with Crippen LogP contribution in [0, 0.1) is 0 Å². The molecule has 142 valence electrons. The van der Waals surface area contributed by atoms with Crippen molar-refractivity contribution in [1.29, 1.82) is 0 Å². The number of nitrogen functional groups attached to an aromatic ring is 1. The molecule has 1 saturated heterocycles. The zero-order valence-electron chi connectivity index (χ0n) is 14.1. The summed E-state index contributed by atoms with van der Waals surface area (Å²) in [5, 5.41) is 0.884. The maximum absolute atomic E-state index is 11.7. The molecule has 0 unspecified atom stereocenters. The van der Waals surface area contributed by atoms with Crippen molar-refractivity contribution < 1.29 is 8.42 Å². The summed E-state index contributed by atoms with van der Waals surface area (Å²) in [7, 11) is -2.95. The van der Waals surface area contributed by atoms with E-state index >= 15 is 0 Å². The molecule has 1 aromatic rings. The Kier molecular flexibility index (Phi) is 4.69. The molecule has 1 fully saturated rings. The van der Waals surface area contributed by atoms with Gasteiger partial charge in [0.25, 0.3) is 0 Å². The minimum Gasteiger partial charge on any atom is -0.382 e. The summed E-state index contributed by atoms with van der Waals surface area (Å²) in [5.41, 5.74) is 7.16. The minimum atomic E-state index is -2.95. The third-order valence-electron chi connectivity index (χ3n) is 4.71. The molecule has 0 atom stereocenters. The van der Waals surface area contributed by atoms with Gasteiger partial charge in [-0.15, -0.1) is 0 Å². The number of halogens is 2. The van der Waals surface area contributed by atoms with Crippen LogP contribution in [0.3, 0.4) is 0 Å². The highest BCUT2D eigenvalue weighted by Gasteiger charge is 2.29. The van der Waals surface area contributed by atoms with Crippen molar-refractivity contribution in [3.8, 4) is 11.5 Å². The number of imidazole rings is 1. The number of rotatable bonds is 3. The molecule has 0 aliphatic carbocycles. The van der Waals surface area contributed by atoms with E-state index in [4.69, 9.17) is 28.9 Å². The summed E-state index contributed by atoms with van der Waals surface area (Å²) >= 11 is 12.4. The molecular formula is C16H16Cl2N6O2S. The highest BCUT2D eigenvalue weighted by molar-refractivity contribution is 7.91. The summed E-state index contributed by atoms with van der Waals surface area (Å²) in [6, 6.07) is 0. The lowest BCUT2D eigenvalue weighted by Gasteiger charge is -2.19. The van der Waals surface area contributed by atoms with Gasteiger partial charge in [0.1, 0.15) is 15.7 Å². The van der Waals surface area contributed by atoms with Gasteiger partial charge in [0.15, 0.2) is 17.3 Å². The summed E-state index contributed by atoms with van der Waals surface area (Å²) in [5.74, 6) is 1.73. The van der Waals surface area contributed by atoms with Crippen LogP contribution in [0.25, 0.3) is 11.5 Å². The second-order valence-electron chi connectivity index (χ2n) is 6.52. The lowest BCUT2D eigenvalue weighted by Crippen LogP contribution is -2.22. The molecule has 3 aliphatic rings. The van der Waals surface area contributed by atoms with E-state index in [2.05, 4.69) is 19.9 Å². The number of nitrogens with zero attached hydrogens (tertiary/aromatic N) is 5. The number of sulfone groups is 1. The molecule has 3 aliphatic heterocycles. The van der Waals surface area contributed by atoms with Crippen molar-refractivity contribution in [1.82, 2.24) is 24.5 Å². The average Bonchev–Trinajstić information content (AvgIpc) is 3.06. The molecule has 4 heterocycles. The quantitative estimate of drug-likeness (QED) is 0.682. The third kappa shape index (κ3) is 3.59. The van der Waals surface area contributed by atoms with Gasteiger partial charge in [-0.25, -0.2) is 23.4 Å². The van der Waals surface area contributed by atoms with Gasteiger partial charge in [-0.05, 0) is 12.8 Å². The molecule has 0 radical (unpaired) electrons. The fourth-order valence-electron chi connectivity index (χ4n) is 3.18. The normalized spacial score (nSPS) is 17.4. The van der Waals surface area contributed by atoms with Crippen LogP contribution in [0.15, 0.2) is 18.7 Å². The van der Waals surface area contributed by atoms with E-state index in [1.807, 2.05) is 0 Å². The minimum absolute atomic E-state index is 0.0122. The molecule has 8 nitrogen and oxygen atoms in total. The molecule has 0 saturated carbocycles. The van der Waals surface area contributed by atoms with Gasteiger partial charge in [-0.1, -0.05) is 23.2 Å². The van der Waals surface area contributed by atoms with E-state index in [0.29, 0.717) is 52.3 Å². The summed E-state index contributed by atoms with van der Waals surface area (Å²) < 4.78 is 25.1. The Morgan fingerprint density at radius 2 is 1.81 bits per heavy atom. The predicted octanol–water partition coefficient (Wildman–Crippen LogP) is 2.40. The maximum Gasteiger partial charge on any atom is 0.166 e. The van der Waals surface area contributed by atoms with Gasteiger partial charge in [-0.2, -0.15) is 0 Å². The second kappa shape index (κ2) is 6.88. The van der Waals surface area contributed by atoms with Crippen molar-refractivity contribution >= 4 is 38.9 Å². The lowest BCUT2D eigenvalue weighted by molar-refractivity contribution is 0.539. The van der Waals surface area contributed by atoms with Crippen molar-refractivity contribution in [2.24, 2.45) is 0 Å². The van der Waals surface area contributed by atoms with Crippen LogP contribution < -0.4 is 5.73 Å². The number of hydrogen-bond acceptors (Lipinski definition) is 7. The first-order valence-corrected chi connectivity index (χ1v) is 10.9. The first-order chi connectivity index (χ1) is 12.8. The topological polar surface area (TPSA) is 117 Å². The van der Waals surface area contributed by atoms with Gasteiger partial charge < -0.3 is 10.3 Å². The van der Waals surface area contributed by atoms with E-state index in [0.717, 1.165) is 0 Å². The number of fused-ring (bicyclic) bond motifs is 1. The van der Waals surface area contributed by atoms with Gasteiger partial charge in [0.05, 0.1) is 34.4 Å². The standard InChI is InChI=1S/C16H16Cl2N6O2S/c17-11-5-20-6-12(18)10(11)7-24-8-21-14(19)13-16(24)23-15(22-13)9-1-3-27(25,26)4-2-9/h5-6,8-9H,1-4,7,19H2. The zero-order chi connectivity index (χ0) is 19.2. The SMILES string of the molecule is Nc1ncn(Cc2c(Cl)cncc2Cl)c2nc(C3CCS(=O)(=O)CC3)nc1-2. The predicted molar refractivity (Wildman–Crippen MR) is 103 cm³/mol. The highest BCUT2D eigenvalue weighted by atomic mass is 35.5. The average molecular weight is 427 g/mol. The van der Waals surface area contributed by atoms with Crippen LogP contribution in [-0.2, 0) is 16.4 Å². The number of pyridine rings is 1. The molecule has 0 amide bonds. The van der Waals surface area contributed by atoms with Crippen molar-refractivity contribution in [2.45, 2.75) is 25.3 Å². The highest BCUT2D eigenvalue weighted by Crippen LogP contribution is 2.33. The molecule has 1 aromatic heterocycles. The van der Waals surface area contributed by atoms with Crippen LogP contribution in [-0.4, -0.2) is 44.4 Å². The van der Waals surface area contributed by atoms with Crippen molar-refractivity contribution in [2.75, 3.05) is 17.2 Å². The Bertz CT molecular complexity index is 1050. The van der Waals surface area contributed by atoms with Crippen molar-refractivity contribution in [3.05, 3.63) is 40.2 Å². The van der Waals surface area contributed by atoms with Gasteiger partial charge in [0.2, 0.25) is 0 Å². The fraction of sp³-hybridized carbons (Fsp3) is 0.375. The van der Waals surface area contributed by atoms with Gasteiger partial charge in [0, 0.05) is 23.9 Å². The van der Waals surface area contributed by atoms with E-state index in [9.17, 15) is 8.42 Å². The largest absolute Gasteiger partial charge is 0.382 e. The van der Waals surface area contributed by atoms with E-state index < -0.39 is 9.84 Å². The molecule has 4 rings (SSSR count). The van der Waals surface area contributed by atoms with Crippen LogP contribution in [0.2, 0.25) is 10.0 Å². The third-order valence-corrected chi connectivity index (χ3v) is 7.08. The Labute approximate surface area is 166 Å². The fourth-order valence-corrected chi connectivity index (χ4v) is 5.15. The van der Waals surface area contributed by atoms with Gasteiger partial charge in [-0.3, -0.25) is 4.98 Å². The van der Waals surface area contributed by atoms with Gasteiger partial charge >= 0.3 is 0 Å². The molecular weight excluding hydrogens is 411 g/mol. The first-order valence-electron chi connectivity index (χ1n) is 8.30. The monoisotopic (exact) mass is 426 g/mol. The molecule has 0 spiro atoms. The summed E-state index contributed by atoms with van der Waals surface area (Å²) in [4.78, 5) is 17.3. The Hall–Kier alpha value is -1.97. The molecule has 27 heavy (non-hydrogen) atoms. The van der Waals surface area contributed by atoms with E-state index in [1.165, 1.54) is 12.4 Å². The number of anilines is 1. The second-order valence-corrected chi connectivity index (χ2v) is 9.64. The van der Waals surface area contributed by atoms with Crippen molar-refractivity contribution in [3.63, 3.8) is 0 Å². The number of aromatic nitrogens is 5. The van der Waals surface area contributed by atoms with E-state index in [-0.39, 0.29) is 23.2 Å². The van der Waals surface area contributed by atoms with Crippen LogP contribution in [0.1, 0.15) is 30.1 Å². The molecule has 0 aromatic carbocycles. The molecule has 0 bridgehead atoms. The molecule has 2 N–H and O–H groups in total. The summed E-state index contributed by atoms with van der Waals surface area (Å²) in [6.45, 7) is 0.334. The molecule has 11 heteroatoms. The Morgan fingerprint density at radius 1 is 1.15 bits per heavy atom. The smallest absolute Gasteiger partial charge is 0.166 e. The first kappa shape index (κ1) is 18.4. The van der Waals surface area contributed by atoms with Crippen LogP contribution in [0.4, 0.5) is 5.82 Å². The van der Waals surface area contributed by atoms with Crippen LogP contribution >= 0.6 is 23.2 Å². The number of nitrogens with two attached hydrogens (primary N) is 1. The van der Waals surface area contributed by atoms with Crippen LogP contribution in [0.5, 0.6) is 0 Å². The van der Waals surface area contributed by atoms with E-state index in [1.54, 1.807) is 10.9 Å². The Morgan fingerprint density at radius 3 is 2.48 bits per heavy atom. The number of hydrogen-bond donors (Lipinski definition) is 1. The zero-order valence-corrected chi connectivity index (χ0v) is 16.5.